The Kier molecular flexibility index (Phi) is 5.59. The largest absolute Gasteiger partial charge is 0.507 e. The van der Waals surface area contributed by atoms with Gasteiger partial charge in [-0.3, -0.25) is 9.59 Å². The lowest BCUT2D eigenvalue weighted by Crippen LogP contribution is -2.43. The van der Waals surface area contributed by atoms with Crippen molar-refractivity contribution in [3.8, 4) is 11.5 Å². The van der Waals surface area contributed by atoms with Gasteiger partial charge in [0, 0.05) is 25.4 Å². The number of nitrogens with zero attached hydrogens (tertiary/aromatic N) is 2. The highest BCUT2D eigenvalue weighted by Gasteiger charge is 2.30. The lowest BCUT2D eigenvalue weighted by Gasteiger charge is -2.32. The maximum Gasteiger partial charge on any atom is 0.257 e. The highest BCUT2D eigenvalue weighted by Crippen LogP contribution is 2.27. The van der Waals surface area contributed by atoms with Crippen LogP contribution in [0.4, 0.5) is 5.82 Å². The van der Waals surface area contributed by atoms with Crippen molar-refractivity contribution in [2.24, 2.45) is 5.92 Å². The first-order valence-corrected chi connectivity index (χ1v) is 8.87. The normalized spacial score (nSPS) is 16.7. The molecule has 1 fully saturated rings. The molecule has 7 heteroatoms. The summed E-state index contributed by atoms with van der Waals surface area (Å²) in [5, 5.41) is 12.9. The number of amides is 2. The Morgan fingerprint density at radius 2 is 2.11 bits per heavy atom. The molecular formula is C20H23N3O4. The number of phenols is 1. The Morgan fingerprint density at radius 3 is 2.78 bits per heavy atom. The van der Waals surface area contributed by atoms with Gasteiger partial charge in [0.05, 0.1) is 18.6 Å². The van der Waals surface area contributed by atoms with E-state index >= 15 is 0 Å². The summed E-state index contributed by atoms with van der Waals surface area (Å²) in [5.74, 6) is 0.0947. The van der Waals surface area contributed by atoms with Crippen molar-refractivity contribution >= 4 is 17.6 Å². The molecule has 1 saturated heterocycles. The quantitative estimate of drug-likeness (QED) is 0.864. The number of aromatic nitrogens is 1. The number of rotatable bonds is 4. The molecule has 0 radical (unpaired) electrons. The number of likely N-dealkylation sites (tertiary alicyclic amines) is 1. The molecule has 0 aliphatic carbocycles. The van der Waals surface area contributed by atoms with Gasteiger partial charge < -0.3 is 20.1 Å². The number of aromatic hydroxyl groups is 1. The van der Waals surface area contributed by atoms with Crippen LogP contribution in [0, 0.1) is 12.8 Å². The molecule has 1 aliphatic heterocycles. The van der Waals surface area contributed by atoms with E-state index in [1.165, 1.54) is 19.2 Å². The fourth-order valence-electron chi connectivity index (χ4n) is 3.14. The van der Waals surface area contributed by atoms with Crippen molar-refractivity contribution < 1.29 is 19.4 Å². The van der Waals surface area contributed by atoms with E-state index in [-0.39, 0.29) is 29.0 Å². The van der Waals surface area contributed by atoms with Crippen LogP contribution in [0.15, 0.2) is 36.5 Å². The maximum absolute atomic E-state index is 12.8. The monoisotopic (exact) mass is 369 g/mol. The van der Waals surface area contributed by atoms with Crippen LogP contribution in [0.2, 0.25) is 0 Å². The Balaban J connectivity index is 1.67. The topological polar surface area (TPSA) is 91.8 Å². The average Bonchev–Trinajstić information content (AvgIpc) is 2.69. The van der Waals surface area contributed by atoms with Crippen LogP contribution in [0.5, 0.6) is 11.5 Å². The first-order chi connectivity index (χ1) is 13.0. The van der Waals surface area contributed by atoms with E-state index in [9.17, 15) is 14.7 Å². The molecule has 1 aliphatic rings. The van der Waals surface area contributed by atoms with E-state index in [0.29, 0.717) is 31.1 Å². The van der Waals surface area contributed by atoms with Gasteiger partial charge in [0.15, 0.2) is 0 Å². The number of hydrogen-bond donors (Lipinski definition) is 2. The Labute approximate surface area is 158 Å². The summed E-state index contributed by atoms with van der Waals surface area (Å²) in [6.07, 6.45) is 3.12. The van der Waals surface area contributed by atoms with Gasteiger partial charge in [-0.2, -0.15) is 0 Å². The lowest BCUT2D eigenvalue weighted by molar-refractivity contribution is -0.121. The van der Waals surface area contributed by atoms with E-state index in [4.69, 9.17) is 4.74 Å². The number of methoxy groups -OCH3 is 1. The fourth-order valence-corrected chi connectivity index (χ4v) is 3.14. The van der Waals surface area contributed by atoms with Gasteiger partial charge in [0.2, 0.25) is 5.91 Å². The molecule has 1 aromatic carbocycles. The summed E-state index contributed by atoms with van der Waals surface area (Å²) in [6.45, 7) is 2.79. The smallest absolute Gasteiger partial charge is 0.257 e. The number of benzene rings is 1. The standard InChI is InChI=1S/C20H23N3O4/c1-13-5-8-18(21-11-13)22-19(25)14-4-3-9-23(12-14)20(26)16-7-6-15(27-2)10-17(16)24/h5-8,10-11,14,24H,3-4,9,12H2,1-2H3,(H,21,22,25). The minimum absolute atomic E-state index is 0.130. The molecule has 1 aromatic heterocycles. The lowest BCUT2D eigenvalue weighted by atomic mass is 9.96. The number of carbonyl (C=O) groups is 2. The number of hydrogen-bond acceptors (Lipinski definition) is 5. The molecule has 27 heavy (non-hydrogen) atoms. The molecule has 1 atom stereocenters. The Bertz CT molecular complexity index is 836. The van der Waals surface area contributed by atoms with Crippen LogP contribution in [0.3, 0.4) is 0 Å². The zero-order valence-electron chi connectivity index (χ0n) is 15.4. The van der Waals surface area contributed by atoms with Crippen molar-refractivity contribution in [3.63, 3.8) is 0 Å². The van der Waals surface area contributed by atoms with E-state index in [1.807, 2.05) is 13.0 Å². The van der Waals surface area contributed by atoms with Gasteiger partial charge in [-0.05, 0) is 43.5 Å². The van der Waals surface area contributed by atoms with Crippen molar-refractivity contribution in [2.45, 2.75) is 19.8 Å². The van der Waals surface area contributed by atoms with E-state index in [0.717, 1.165) is 12.0 Å². The molecule has 3 rings (SSSR count). The molecule has 1 unspecified atom stereocenters. The van der Waals surface area contributed by atoms with Crippen LogP contribution in [-0.2, 0) is 4.79 Å². The zero-order valence-corrected chi connectivity index (χ0v) is 15.4. The van der Waals surface area contributed by atoms with Crippen molar-refractivity contribution in [1.82, 2.24) is 9.88 Å². The maximum atomic E-state index is 12.8. The number of carbonyl (C=O) groups excluding carboxylic acids is 2. The second-order valence-corrected chi connectivity index (χ2v) is 6.68. The first kappa shape index (κ1) is 18.7. The molecular weight excluding hydrogens is 346 g/mol. The second kappa shape index (κ2) is 8.07. The van der Waals surface area contributed by atoms with E-state index in [1.54, 1.807) is 23.2 Å². The molecule has 142 valence electrons. The zero-order chi connectivity index (χ0) is 19.4. The third-order valence-corrected chi connectivity index (χ3v) is 4.68. The highest BCUT2D eigenvalue weighted by molar-refractivity contribution is 5.98. The molecule has 7 nitrogen and oxygen atoms in total. The van der Waals surface area contributed by atoms with Crippen LogP contribution in [0.25, 0.3) is 0 Å². The van der Waals surface area contributed by atoms with Crippen LogP contribution in [-0.4, -0.2) is 47.0 Å². The molecule has 2 heterocycles. The number of nitrogens with one attached hydrogen (secondary N) is 1. The molecule has 0 bridgehead atoms. The number of phenolic OH excluding ortho intramolecular Hbond substituents is 1. The van der Waals surface area contributed by atoms with Crippen molar-refractivity contribution in [2.75, 3.05) is 25.5 Å². The van der Waals surface area contributed by atoms with E-state index in [2.05, 4.69) is 10.3 Å². The number of anilines is 1. The SMILES string of the molecule is COc1ccc(C(=O)N2CCCC(C(=O)Nc3ccc(C)cn3)C2)c(O)c1. The van der Waals surface area contributed by atoms with E-state index < -0.39 is 0 Å². The number of piperidine rings is 1. The summed E-state index contributed by atoms with van der Waals surface area (Å²) in [4.78, 5) is 31.1. The highest BCUT2D eigenvalue weighted by atomic mass is 16.5. The number of aryl methyl sites for hydroxylation is 1. The van der Waals surface area contributed by atoms with Crippen LogP contribution in [0.1, 0.15) is 28.8 Å². The van der Waals surface area contributed by atoms with Gasteiger partial charge in [-0.15, -0.1) is 0 Å². The van der Waals surface area contributed by atoms with Crippen LogP contribution >= 0.6 is 0 Å². The van der Waals surface area contributed by atoms with Gasteiger partial charge in [-0.1, -0.05) is 6.07 Å². The van der Waals surface area contributed by atoms with Gasteiger partial charge in [0.1, 0.15) is 17.3 Å². The predicted molar refractivity (Wildman–Crippen MR) is 101 cm³/mol. The summed E-state index contributed by atoms with van der Waals surface area (Å²) < 4.78 is 5.04. The summed E-state index contributed by atoms with van der Waals surface area (Å²) >= 11 is 0. The predicted octanol–water partition coefficient (Wildman–Crippen LogP) is 2.60. The Hall–Kier alpha value is -3.09. The number of ether oxygens (including phenoxy) is 1. The Morgan fingerprint density at radius 1 is 1.30 bits per heavy atom. The number of pyridine rings is 1. The molecule has 0 saturated carbocycles. The second-order valence-electron chi connectivity index (χ2n) is 6.68. The molecule has 2 N–H and O–H groups in total. The van der Waals surface area contributed by atoms with Gasteiger partial charge in [0.25, 0.3) is 5.91 Å². The fraction of sp³-hybridized carbons (Fsp3) is 0.350. The van der Waals surface area contributed by atoms with Crippen molar-refractivity contribution in [1.29, 1.82) is 0 Å². The minimum atomic E-state index is -0.314. The van der Waals surface area contributed by atoms with Gasteiger partial charge in [-0.25, -0.2) is 4.98 Å². The molecule has 2 aromatic rings. The third kappa shape index (κ3) is 4.36. The summed E-state index contributed by atoms with van der Waals surface area (Å²) in [7, 11) is 1.49. The minimum Gasteiger partial charge on any atom is -0.507 e. The van der Waals surface area contributed by atoms with Crippen molar-refractivity contribution in [3.05, 3.63) is 47.7 Å². The summed E-state index contributed by atoms with van der Waals surface area (Å²) in [6, 6.07) is 8.21. The summed E-state index contributed by atoms with van der Waals surface area (Å²) in [5.41, 5.74) is 1.22. The average molecular weight is 369 g/mol. The first-order valence-electron chi connectivity index (χ1n) is 8.87. The van der Waals surface area contributed by atoms with Crippen LogP contribution < -0.4 is 10.1 Å². The third-order valence-electron chi connectivity index (χ3n) is 4.68. The van der Waals surface area contributed by atoms with Gasteiger partial charge >= 0.3 is 0 Å². The molecule has 2 amide bonds. The molecule has 0 spiro atoms.